The van der Waals surface area contributed by atoms with Crippen molar-refractivity contribution in [1.82, 2.24) is 0 Å². The summed E-state index contributed by atoms with van der Waals surface area (Å²) >= 11 is 0. The van der Waals surface area contributed by atoms with Crippen molar-refractivity contribution in [3.8, 4) is 0 Å². The van der Waals surface area contributed by atoms with Gasteiger partial charge in [0.2, 0.25) is 0 Å². The van der Waals surface area contributed by atoms with Crippen LogP contribution in [0.3, 0.4) is 0 Å². The first kappa shape index (κ1) is 14.6. The lowest BCUT2D eigenvalue weighted by Crippen LogP contribution is -2.46. The van der Waals surface area contributed by atoms with E-state index in [9.17, 15) is 0 Å². The van der Waals surface area contributed by atoms with Gasteiger partial charge in [0.05, 0.1) is 0 Å². The van der Waals surface area contributed by atoms with Crippen LogP contribution in [0.2, 0.25) is 0 Å². The SMILES string of the molecule is Cc1ccccc1CC1(N)CCCC(CC(C)C)C1. The van der Waals surface area contributed by atoms with Gasteiger partial charge in [-0.05, 0) is 55.6 Å². The summed E-state index contributed by atoms with van der Waals surface area (Å²) in [5.41, 5.74) is 9.59. The smallest absolute Gasteiger partial charge is 0.0197 e. The highest BCUT2D eigenvalue weighted by Gasteiger charge is 2.33. The molecule has 0 saturated heterocycles. The van der Waals surface area contributed by atoms with Crippen LogP contribution >= 0.6 is 0 Å². The Bertz CT molecular complexity index is 410. The van der Waals surface area contributed by atoms with E-state index in [0.29, 0.717) is 0 Å². The van der Waals surface area contributed by atoms with E-state index in [2.05, 4.69) is 45.0 Å². The lowest BCUT2D eigenvalue weighted by molar-refractivity contribution is 0.200. The Kier molecular flexibility index (Phi) is 4.67. The van der Waals surface area contributed by atoms with Gasteiger partial charge in [0.15, 0.2) is 0 Å². The average Bonchev–Trinajstić information content (AvgIpc) is 2.31. The number of rotatable bonds is 4. The van der Waals surface area contributed by atoms with Gasteiger partial charge in [0.1, 0.15) is 0 Å². The minimum absolute atomic E-state index is 0.0317. The minimum Gasteiger partial charge on any atom is -0.325 e. The Balaban J connectivity index is 2.03. The number of hydrogen-bond donors (Lipinski definition) is 1. The molecule has 1 aromatic carbocycles. The van der Waals surface area contributed by atoms with Crippen LogP contribution in [-0.2, 0) is 6.42 Å². The normalized spacial score (nSPS) is 27.7. The minimum atomic E-state index is 0.0317. The second-order valence-electron chi connectivity index (χ2n) is 7.06. The topological polar surface area (TPSA) is 26.0 Å². The largest absolute Gasteiger partial charge is 0.325 e. The van der Waals surface area contributed by atoms with Gasteiger partial charge in [-0.25, -0.2) is 0 Å². The predicted molar refractivity (Wildman–Crippen MR) is 83.2 cm³/mol. The first-order chi connectivity index (χ1) is 8.98. The van der Waals surface area contributed by atoms with Gasteiger partial charge in [-0.3, -0.25) is 0 Å². The number of nitrogens with two attached hydrogens (primary N) is 1. The fraction of sp³-hybridized carbons (Fsp3) is 0.667. The number of benzene rings is 1. The van der Waals surface area contributed by atoms with Gasteiger partial charge < -0.3 is 5.73 Å². The summed E-state index contributed by atoms with van der Waals surface area (Å²) in [5.74, 6) is 1.63. The summed E-state index contributed by atoms with van der Waals surface area (Å²) in [6, 6.07) is 8.70. The van der Waals surface area contributed by atoms with Gasteiger partial charge in [-0.1, -0.05) is 51.0 Å². The molecular weight excluding hydrogens is 230 g/mol. The standard InChI is InChI=1S/C18H29N/c1-14(2)11-16-8-6-10-18(19,12-16)13-17-9-5-4-7-15(17)3/h4-5,7,9,14,16H,6,8,10-13,19H2,1-3H3. The van der Waals surface area contributed by atoms with E-state index in [-0.39, 0.29) is 5.54 Å². The molecule has 2 unspecified atom stereocenters. The quantitative estimate of drug-likeness (QED) is 0.848. The summed E-state index contributed by atoms with van der Waals surface area (Å²) in [4.78, 5) is 0. The van der Waals surface area contributed by atoms with Gasteiger partial charge in [-0.15, -0.1) is 0 Å². The Morgan fingerprint density at radius 3 is 2.74 bits per heavy atom. The molecule has 1 fully saturated rings. The zero-order chi connectivity index (χ0) is 13.9. The Morgan fingerprint density at radius 1 is 1.32 bits per heavy atom. The maximum absolute atomic E-state index is 6.73. The van der Waals surface area contributed by atoms with E-state index in [1.165, 1.54) is 43.2 Å². The number of hydrogen-bond acceptors (Lipinski definition) is 1. The van der Waals surface area contributed by atoms with E-state index >= 15 is 0 Å². The molecule has 2 N–H and O–H groups in total. The summed E-state index contributed by atoms with van der Waals surface area (Å²) in [5, 5.41) is 0. The van der Waals surface area contributed by atoms with Crippen molar-refractivity contribution in [2.75, 3.05) is 0 Å². The van der Waals surface area contributed by atoms with Crippen LogP contribution in [0, 0.1) is 18.8 Å². The summed E-state index contributed by atoms with van der Waals surface area (Å²) < 4.78 is 0. The molecule has 1 aromatic rings. The van der Waals surface area contributed by atoms with Crippen molar-refractivity contribution in [2.24, 2.45) is 17.6 Å². The maximum Gasteiger partial charge on any atom is 0.0197 e. The first-order valence-electron chi connectivity index (χ1n) is 7.82. The third-order valence-corrected chi connectivity index (χ3v) is 4.59. The van der Waals surface area contributed by atoms with Crippen molar-refractivity contribution < 1.29 is 0 Å². The van der Waals surface area contributed by atoms with Crippen LogP contribution in [0.5, 0.6) is 0 Å². The van der Waals surface area contributed by atoms with Crippen molar-refractivity contribution in [3.63, 3.8) is 0 Å². The van der Waals surface area contributed by atoms with Crippen molar-refractivity contribution in [3.05, 3.63) is 35.4 Å². The van der Waals surface area contributed by atoms with Crippen LogP contribution < -0.4 is 5.73 Å². The number of aryl methyl sites for hydroxylation is 1. The molecule has 2 rings (SSSR count). The van der Waals surface area contributed by atoms with Crippen LogP contribution in [0.15, 0.2) is 24.3 Å². The van der Waals surface area contributed by atoms with E-state index in [1.54, 1.807) is 0 Å². The molecule has 19 heavy (non-hydrogen) atoms. The van der Waals surface area contributed by atoms with Crippen LogP contribution in [0.4, 0.5) is 0 Å². The fourth-order valence-corrected chi connectivity index (χ4v) is 3.74. The van der Waals surface area contributed by atoms with E-state index in [0.717, 1.165) is 18.3 Å². The monoisotopic (exact) mass is 259 g/mol. The Labute approximate surface area is 118 Å². The molecule has 1 saturated carbocycles. The molecule has 0 amide bonds. The zero-order valence-electron chi connectivity index (χ0n) is 12.8. The highest BCUT2D eigenvalue weighted by Crippen LogP contribution is 2.36. The first-order valence-corrected chi connectivity index (χ1v) is 7.82. The molecule has 0 aromatic heterocycles. The Morgan fingerprint density at radius 2 is 2.05 bits per heavy atom. The van der Waals surface area contributed by atoms with Gasteiger partial charge in [0.25, 0.3) is 0 Å². The van der Waals surface area contributed by atoms with E-state index < -0.39 is 0 Å². The molecular formula is C18H29N. The fourth-order valence-electron chi connectivity index (χ4n) is 3.74. The lowest BCUT2D eigenvalue weighted by Gasteiger charge is -2.39. The molecule has 0 heterocycles. The molecule has 2 atom stereocenters. The van der Waals surface area contributed by atoms with Crippen LogP contribution in [-0.4, -0.2) is 5.54 Å². The van der Waals surface area contributed by atoms with Gasteiger partial charge >= 0.3 is 0 Å². The van der Waals surface area contributed by atoms with Crippen molar-refractivity contribution in [2.45, 2.75) is 64.8 Å². The molecule has 1 aliphatic rings. The third-order valence-electron chi connectivity index (χ3n) is 4.59. The van der Waals surface area contributed by atoms with E-state index in [4.69, 9.17) is 5.73 Å². The summed E-state index contributed by atoms with van der Waals surface area (Å²) in [6.07, 6.45) is 7.47. The molecule has 0 spiro atoms. The second-order valence-corrected chi connectivity index (χ2v) is 7.06. The molecule has 1 heteroatoms. The molecule has 1 nitrogen and oxygen atoms in total. The van der Waals surface area contributed by atoms with Gasteiger partial charge in [-0.2, -0.15) is 0 Å². The predicted octanol–water partition coefficient (Wildman–Crippen LogP) is 4.47. The van der Waals surface area contributed by atoms with Crippen LogP contribution in [0.1, 0.15) is 57.1 Å². The highest BCUT2D eigenvalue weighted by atomic mass is 14.7. The third kappa shape index (κ3) is 4.07. The Hall–Kier alpha value is -0.820. The lowest BCUT2D eigenvalue weighted by atomic mass is 9.71. The molecule has 0 aliphatic heterocycles. The highest BCUT2D eigenvalue weighted by molar-refractivity contribution is 5.27. The average molecular weight is 259 g/mol. The van der Waals surface area contributed by atoms with Crippen molar-refractivity contribution in [1.29, 1.82) is 0 Å². The molecule has 0 bridgehead atoms. The van der Waals surface area contributed by atoms with Crippen molar-refractivity contribution >= 4 is 0 Å². The van der Waals surface area contributed by atoms with Gasteiger partial charge in [0, 0.05) is 5.54 Å². The maximum atomic E-state index is 6.73. The summed E-state index contributed by atoms with van der Waals surface area (Å²) in [7, 11) is 0. The summed E-state index contributed by atoms with van der Waals surface area (Å²) in [6.45, 7) is 6.86. The molecule has 106 valence electrons. The van der Waals surface area contributed by atoms with E-state index in [1.807, 2.05) is 0 Å². The molecule has 0 radical (unpaired) electrons. The second kappa shape index (κ2) is 6.09. The van der Waals surface area contributed by atoms with Crippen LogP contribution in [0.25, 0.3) is 0 Å². The zero-order valence-corrected chi connectivity index (χ0v) is 12.8. The molecule has 1 aliphatic carbocycles.